The summed E-state index contributed by atoms with van der Waals surface area (Å²) in [6.07, 6.45) is 0.122. The summed E-state index contributed by atoms with van der Waals surface area (Å²) in [4.78, 5) is 14.5. The Hall–Kier alpha value is -1.65. The van der Waals surface area contributed by atoms with Crippen LogP contribution in [0.25, 0.3) is 0 Å². The Labute approximate surface area is 130 Å². The Bertz CT molecular complexity index is 580. The van der Waals surface area contributed by atoms with Crippen LogP contribution in [0.3, 0.4) is 0 Å². The lowest BCUT2D eigenvalue weighted by molar-refractivity contribution is -0.137. The van der Waals surface area contributed by atoms with E-state index in [2.05, 4.69) is 20.8 Å². The van der Waals surface area contributed by atoms with Gasteiger partial charge in [-0.15, -0.1) is 0 Å². The molecule has 0 aliphatic carbocycles. The predicted molar refractivity (Wildman–Crippen MR) is 79.7 cm³/mol. The number of carbonyl (C=O) groups is 1. The number of aliphatic carboxylic acids is 1. The van der Waals surface area contributed by atoms with Crippen molar-refractivity contribution in [1.29, 1.82) is 5.26 Å². The minimum absolute atomic E-state index is 0.122. The molecule has 1 aliphatic heterocycles. The molecule has 1 aromatic carbocycles. The van der Waals surface area contributed by atoms with E-state index in [0.29, 0.717) is 38.4 Å². The van der Waals surface area contributed by atoms with Gasteiger partial charge in [-0.1, -0.05) is 0 Å². The predicted octanol–water partition coefficient (Wildman–Crippen LogP) is 2.06. The van der Waals surface area contributed by atoms with Gasteiger partial charge in [-0.2, -0.15) is 5.26 Å². The fourth-order valence-electron chi connectivity index (χ4n) is 2.34. The molecule has 0 spiro atoms. The number of hydrogen-bond donors (Lipinski definition) is 1. The molecule has 0 aromatic heterocycles. The number of carboxylic acid groups (broad SMARTS) is 1. The number of anilines is 1. The van der Waals surface area contributed by atoms with Gasteiger partial charge in [-0.25, -0.2) is 4.39 Å². The summed E-state index contributed by atoms with van der Waals surface area (Å²) in [5.41, 5.74) is 0.745. The summed E-state index contributed by atoms with van der Waals surface area (Å²) in [7, 11) is 0. The molecular weight excluding hydrogens is 341 g/mol. The molecule has 2 rings (SSSR count). The molecule has 1 fully saturated rings. The Morgan fingerprint density at radius 3 is 2.62 bits per heavy atom. The fraction of sp³-hybridized carbons (Fsp3) is 0.429. The number of benzene rings is 1. The van der Waals surface area contributed by atoms with E-state index >= 15 is 0 Å². The summed E-state index contributed by atoms with van der Waals surface area (Å²) in [5.74, 6) is -1.23. The van der Waals surface area contributed by atoms with Crippen molar-refractivity contribution in [3.63, 3.8) is 0 Å². The molecule has 1 saturated heterocycles. The second-order valence-corrected chi connectivity index (χ2v) is 5.64. The van der Waals surface area contributed by atoms with Crippen molar-refractivity contribution in [3.05, 3.63) is 28.0 Å². The zero-order chi connectivity index (χ0) is 15.4. The van der Waals surface area contributed by atoms with Gasteiger partial charge in [0.25, 0.3) is 0 Å². The first-order valence-electron chi connectivity index (χ1n) is 6.60. The van der Waals surface area contributed by atoms with E-state index in [4.69, 9.17) is 10.4 Å². The van der Waals surface area contributed by atoms with Gasteiger partial charge < -0.3 is 10.0 Å². The SMILES string of the molecule is N#Cc1ccc(N2CCN(CCC(=O)O)CC2)c(F)c1Br. The van der Waals surface area contributed by atoms with Crippen molar-refractivity contribution in [2.45, 2.75) is 6.42 Å². The summed E-state index contributed by atoms with van der Waals surface area (Å²) in [6.45, 7) is 3.18. The molecule has 0 saturated carbocycles. The molecule has 0 bridgehead atoms. The van der Waals surface area contributed by atoms with Crippen molar-refractivity contribution in [3.8, 4) is 6.07 Å². The standard InChI is InChI=1S/C14H15BrFN3O2/c15-13-10(9-17)1-2-11(14(13)16)19-7-5-18(6-8-19)4-3-12(20)21/h1-2H,3-8H2,(H,20,21). The molecule has 0 radical (unpaired) electrons. The molecule has 1 N–H and O–H groups in total. The molecule has 7 heteroatoms. The third kappa shape index (κ3) is 3.71. The van der Waals surface area contributed by atoms with Gasteiger partial charge in [0.15, 0.2) is 5.82 Å². The molecule has 0 amide bonds. The number of halogens is 2. The monoisotopic (exact) mass is 355 g/mol. The van der Waals surface area contributed by atoms with Crippen LogP contribution in [0.4, 0.5) is 10.1 Å². The second-order valence-electron chi connectivity index (χ2n) is 4.84. The van der Waals surface area contributed by atoms with E-state index in [-0.39, 0.29) is 16.5 Å². The van der Waals surface area contributed by atoms with Crippen LogP contribution in [0.1, 0.15) is 12.0 Å². The van der Waals surface area contributed by atoms with Crippen LogP contribution in [0.2, 0.25) is 0 Å². The van der Waals surface area contributed by atoms with Gasteiger partial charge in [0.05, 0.1) is 22.1 Å². The highest BCUT2D eigenvalue weighted by atomic mass is 79.9. The minimum atomic E-state index is -0.806. The average Bonchev–Trinajstić information content (AvgIpc) is 2.48. The lowest BCUT2D eigenvalue weighted by atomic mass is 10.1. The topological polar surface area (TPSA) is 67.6 Å². The van der Waals surface area contributed by atoms with Crippen LogP contribution in [0, 0.1) is 17.1 Å². The van der Waals surface area contributed by atoms with Gasteiger partial charge in [0.2, 0.25) is 0 Å². The molecule has 1 heterocycles. The molecule has 0 atom stereocenters. The highest BCUT2D eigenvalue weighted by Crippen LogP contribution is 2.29. The molecular formula is C14H15BrFN3O2. The summed E-state index contributed by atoms with van der Waals surface area (Å²) in [5, 5.41) is 17.5. The quantitative estimate of drug-likeness (QED) is 0.895. The minimum Gasteiger partial charge on any atom is -0.481 e. The Kier molecular flexibility index (Phi) is 5.15. The van der Waals surface area contributed by atoms with Crippen molar-refractivity contribution in [1.82, 2.24) is 4.90 Å². The number of rotatable bonds is 4. The lowest BCUT2D eigenvalue weighted by Gasteiger charge is -2.36. The number of nitrogens with zero attached hydrogens (tertiary/aromatic N) is 3. The van der Waals surface area contributed by atoms with Crippen LogP contribution in [0.15, 0.2) is 16.6 Å². The van der Waals surface area contributed by atoms with Crippen LogP contribution in [0.5, 0.6) is 0 Å². The fourth-order valence-corrected chi connectivity index (χ4v) is 2.76. The van der Waals surface area contributed by atoms with Crippen molar-refractivity contribution in [2.75, 3.05) is 37.6 Å². The Morgan fingerprint density at radius 2 is 2.05 bits per heavy atom. The van der Waals surface area contributed by atoms with Gasteiger partial charge in [0, 0.05) is 32.7 Å². The van der Waals surface area contributed by atoms with Crippen LogP contribution < -0.4 is 4.90 Å². The smallest absolute Gasteiger partial charge is 0.304 e. The molecule has 21 heavy (non-hydrogen) atoms. The number of piperazine rings is 1. The molecule has 0 unspecified atom stereocenters. The zero-order valence-electron chi connectivity index (χ0n) is 11.4. The van der Waals surface area contributed by atoms with E-state index in [1.54, 1.807) is 12.1 Å². The second kappa shape index (κ2) is 6.87. The summed E-state index contributed by atoms with van der Waals surface area (Å²) in [6, 6.07) is 5.14. The maximum absolute atomic E-state index is 14.3. The van der Waals surface area contributed by atoms with E-state index in [1.165, 1.54) is 0 Å². The summed E-state index contributed by atoms with van der Waals surface area (Å²) < 4.78 is 14.4. The third-order valence-corrected chi connectivity index (χ3v) is 4.31. The number of nitriles is 1. The summed E-state index contributed by atoms with van der Waals surface area (Å²) >= 11 is 3.11. The molecule has 1 aliphatic rings. The molecule has 5 nitrogen and oxygen atoms in total. The highest BCUT2D eigenvalue weighted by Gasteiger charge is 2.21. The van der Waals surface area contributed by atoms with Crippen molar-refractivity contribution >= 4 is 27.6 Å². The van der Waals surface area contributed by atoms with E-state index in [1.807, 2.05) is 11.0 Å². The first-order valence-corrected chi connectivity index (χ1v) is 7.39. The van der Waals surface area contributed by atoms with Gasteiger partial charge in [-0.05, 0) is 28.1 Å². The lowest BCUT2D eigenvalue weighted by Crippen LogP contribution is -2.47. The van der Waals surface area contributed by atoms with Crippen molar-refractivity contribution in [2.24, 2.45) is 0 Å². The van der Waals surface area contributed by atoms with Gasteiger partial charge in [-0.3, -0.25) is 9.69 Å². The van der Waals surface area contributed by atoms with Crippen LogP contribution in [-0.4, -0.2) is 48.7 Å². The maximum atomic E-state index is 14.3. The Balaban J connectivity index is 2.01. The Morgan fingerprint density at radius 1 is 1.38 bits per heavy atom. The highest BCUT2D eigenvalue weighted by molar-refractivity contribution is 9.10. The van der Waals surface area contributed by atoms with Crippen LogP contribution in [-0.2, 0) is 4.79 Å². The third-order valence-electron chi connectivity index (χ3n) is 3.54. The first-order chi connectivity index (χ1) is 10.0. The largest absolute Gasteiger partial charge is 0.481 e. The average molecular weight is 356 g/mol. The number of carboxylic acids is 1. The molecule has 1 aromatic rings. The maximum Gasteiger partial charge on any atom is 0.304 e. The van der Waals surface area contributed by atoms with Crippen LogP contribution >= 0.6 is 15.9 Å². The van der Waals surface area contributed by atoms with Gasteiger partial charge >= 0.3 is 5.97 Å². The van der Waals surface area contributed by atoms with Crippen molar-refractivity contribution < 1.29 is 14.3 Å². The van der Waals surface area contributed by atoms with E-state index in [9.17, 15) is 9.18 Å². The first kappa shape index (κ1) is 15.7. The normalized spacial score (nSPS) is 15.8. The zero-order valence-corrected chi connectivity index (χ0v) is 12.9. The molecule has 112 valence electrons. The van der Waals surface area contributed by atoms with E-state index < -0.39 is 11.8 Å². The van der Waals surface area contributed by atoms with Gasteiger partial charge in [0.1, 0.15) is 6.07 Å². The number of hydrogen-bond acceptors (Lipinski definition) is 4. The van der Waals surface area contributed by atoms with E-state index in [0.717, 1.165) is 0 Å².